The number of hydrogen-bond acceptors (Lipinski definition) is 2. The summed E-state index contributed by atoms with van der Waals surface area (Å²) in [6.45, 7) is 1.69. The molecule has 0 aromatic carbocycles. The van der Waals surface area contributed by atoms with Gasteiger partial charge in [-0.25, -0.2) is 0 Å². The summed E-state index contributed by atoms with van der Waals surface area (Å²) in [4.78, 5) is 1.64. The molecule has 2 unspecified atom stereocenters. The Hall–Kier alpha value is -0.760. The maximum atomic E-state index is 12.3. The molecule has 0 N–H and O–H groups in total. The third-order valence-electron chi connectivity index (χ3n) is 3.02. The third kappa shape index (κ3) is 3.38. The molecule has 5 heteroatoms. The Morgan fingerprint density at radius 2 is 2.00 bits per heavy atom. The molecule has 0 aromatic heterocycles. The largest absolute Gasteiger partial charge is 0.405 e. The number of halogens is 3. The molecule has 1 rings (SSSR count). The van der Waals surface area contributed by atoms with Gasteiger partial charge in [0.15, 0.2) is 5.92 Å². The van der Waals surface area contributed by atoms with Crippen LogP contribution in [-0.2, 0) is 0 Å². The van der Waals surface area contributed by atoms with Gasteiger partial charge in [-0.15, -0.1) is 0 Å². The van der Waals surface area contributed by atoms with E-state index in [2.05, 4.69) is 0 Å². The standard InChI is InChI=1S/C10H15F3N2/c1-7(8-3-4-8)15(2)6-9(5-14)10(11,12)13/h7-9H,3-4,6H2,1-2H3. The summed E-state index contributed by atoms with van der Waals surface area (Å²) in [6, 6.07) is 1.46. The zero-order valence-electron chi connectivity index (χ0n) is 8.88. The lowest BCUT2D eigenvalue weighted by molar-refractivity contribution is -0.163. The van der Waals surface area contributed by atoms with Crippen molar-refractivity contribution < 1.29 is 13.2 Å². The minimum Gasteiger partial charge on any atom is -0.302 e. The smallest absolute Gasteiger partial charge is 0.302 e. The molecule has 2 nitrogen and oxygen atoms in total. The fourth-order valence-corrected chi connectivity index (χ4v) is 1.61. The molecule has 0 aliphatic heterocycles. The second-order valence-electron chi connectivity index (χ2n) is 4.24. The number of alkyl halides is 3. The van der Waals surface area contributed by atoms with Gasteiger partial charge in [0.1, 0.15) is 0 Å². The molecule has 15 heavy (non-hydrogen) atoms. The first kappa shape index (κ1) is 12.3. The van der Waals surface area contributed by atoms with Crippen LogP contribution in [0.1, 0.15) is 19.8 Å². The van der Waals surface area contributed by atoms with Gasteiger partial charge in [-0.05, 0) is 32.7 Å². The van der Waals surface area contributed by atoms with Crippen molar-refractivity contribution in [2.45, 2.75) is 32.0 Å². The first-order valence-corrected chi connectivity index (χ1v) is 5.02. The zero-order chi connectivity index (χ0) is 11.6. The predicted molar refractivity (Wildman–Crippen MR) is 50.0 cm³/mol. The SMILES string of the molecule is CC(C1CC1)N(C)CC(C#N)C(F)(F)F. The highest BCUT2D eigenvalue weighted by molar-refractivity contribution is 4.92. The van der Waals surface area contributed by atoms with Crippen LogP contribution in [0.4, 0.5) is 13.2 Å². The molecule has 86 valence electrons. The van der Waals surface area contributed by atoms with Crippen molar-refractivity contribution in [1.82, 2.24) is 4.90 Å². The van der Waals surface area contributed by atoms with Crippen LogP contribution in [-0.4, -0.2) is 30.7 Å². The molecular weight excluding hydrogens is 205 g/mol. The van der Waals surface area contributed by atoms with E-state index in [9.17, 15) is 13.2 Å². The lowest BCUT2D eigenvalue weighted by atomic mass is 10.1. The number of hydrogen-bond donors (Lipinski definition) is 0. The van der Waals surface area contributed by atoms with Gasteiger partial charge in [0.05, 0.1) is 6.07 Å². The summed E-state index contributed by atoms with van der Waals surface area (Å²) in [7, 11) is 1.65. The van der Waals surface area contributed by atoms with E-state index in [1.165, 1.54) is 6.07 Å². The van der Waals surface area contributed by atoms with Crippen molar-refractivity contribution in [3.8, 4) is 6.07 Å². The van der Waals surface area contributed by atoms with Crippen LogP contribution in [0.15, 0.2) is 0 Å². The Balaban J connectivity index is 2.48. The van der Waals surface area contributed by atoms with Crippen LogP contribution in [0.2, 0.25) is 0 Å². The van der Waals surface area contributed by atoms with Gasteiger partial charge >= 0.3 is 6.18 Å². The van der Waals surface area contributed by atoms with Crippen LogP contribution in [0.3, 0.4) is 0 Å². The van der Waals surface area contributed by atoms with E-state index in [1.54, 1.807) is 11.9 Å². The van der Waals surface area contributed by atoms with Gasteiger partial charge in [0, 0.05) is 12.6 Å². The Kier molecular flexibility index (Phi) is 3.61. The van der Waals surface area contributed by atoms with Crippen molar-refractivity contribution in [1.29, 1.82) is 5.26 Å². The average Bonchev–Trinajstić information content (AvgIpc) is 2.93. The summed E-state index contributed by atoms with van der Waals surface area (Å²) in [5.41, 5.74) is 0. The maximum absolute atomic E-state index is 12.3. The van der Waals surface area contributed by atoms with Gasteiger partial charge in [-0.3, -0.25) is 0 Å². The van der Waals surface area contributed by atoms with Crippen LogP contribution < -0.4 is 0 Å². The molecule has 1 aliphatic carbocycles. The Bertz CT molecular complexity index is 252. The average molecular weight is 220 g/mol. The summed E-state index contributed by atoms with van der Waals surface area (Å²) < 4.78 is 36.9. The normalized spacial score (nSPS) is 21.1. The fourth-order valence-electron chi connectivity index (χ4n) is 1.61. The van der Waals surface area contributed by atoms with Gasteiger partial charge < -0.3 is 4.90 Å². The van der Waals surface area contributed by atoms with Gasteiger partial charge in [0.2, 0.25) is 0 Å². The van der Waals surface area contributed by atoms with E-state index < -0.39 is 12.1 Å². The molecule has 1 aliphatic rings. The van der Waals surface area contributed by atoms with Crippen molar-refractivity contribution in [2.24, 2.45) is 11.8 Å². The van der Waals surface area contributed by atoms with Crippen LogP contribution in [0.25, 0.3) is 0 Å². The zero-order valence-corrected chi connectivity index (χ0v) is 8.88. The summed E-state index contributed by atoms with van der Waals surface area (Å²) >= 11 is 0. The quantitative estimate of drug-likeness (QED) is 0.727. The molecule has 0 bridgehead atoms. The molecular formula is C10H15F3N2. The minimum atomic E-state index is -4.41. The van der Waals surface area contributed by atoms with E-state index in [-0.39, 0.29) is 12.6 Å². The van der Waals surface area contributed by atoms with E-state index in [1.807, 2.05) is 6.92 Å². The predicted octanol–water partition coefficient (Wildman–Crippen LogP) is 2.42. The van der Waals surface area contributed by atoms with Gasteiger partial charge in [-0.1, -0.05) is 0 Å². The summed E-state index contributed by atoms with van der Waals surface area (Å²) in [5, 5.41) is 8.45. The summed E-state index contributed by atoms with van der Waals surface area (Å²) in [5.74, 6) is -1.36. The van der Waals surface area contributed by atoms with Crippen molar-refractivity contribution in [2.75, 3.05) is 13.6 Å². The first-order chi connectivity index (χ1) is 6.86. The van der Waals surface area contributed by atoms with Crippen molar-refractivity contribution in [3.63, 3.8) is 0 Å². The van der Waals surface area contributed by atoms with Gasteiger partial charge in [-0.2, -0.15) is 18.4 Å². The van der Waals surface area contributed by atoms with Gasteiger partial charge in [0.25, 0.3) is 0 Å². The van der Waals surface area contributed by atoms with Crippen LogP contribution in [0, 0.1) is 23.2 Å². The van der Waals surface area contributed by atoms with E-state index in [0.717, 1.165) is 12.8 Å². The molecule has 0 saturated heterocycles. The molecule has 0 aromatic rings. The van der Waals surface area contributed by atoms with Crippen LogP contribution in [0.5, 0.6) is 0 Å². The van der Waals surface area contributed by atoms with E-state index in [0.29, 0.717) is 5.92 Å². The number of nitrogens with zero attached hydrogens (tertiary/aromatic N) is 2. The monoisotopic (exact) mass is 220 g/mol. The molecule has 0 amide bonds. The first-order valence-electron chi connectivity index (χ1n) is 5.02. The number of rotatable bonds is 4. The highest BCUT2D eigenvalue weighted by Crippen LogP contribution is 2.35. The Labute approximate surface area is 87.7 Å². The summed E-state index contributed by atoms with van der Waals surface area (Å²) in [6.07, 6.45) is -2.23. The molecule has 2 atom stereocenters. The highest BCUT2D eigenvalue weighted by Gasteiger charge is 2.42. The Morgan fingerprint density at radius 3 is 2.33 bits per heavy atom. The Morgan fingerprint density at radius 1 is 1.47 bits per heavy atom. The number of nitriles is 1. The lowest BCUT2D eigenvalue weighted by Gasteiger charge is -2.27. The van der Waals surface area contributed by atoms with Crippen LogP contribution >= 0.6 is 0 Å². The fraction of sp³-hybridized carbons (Fsp3) is 0.900. The molecule has 0 heterocycles. The lowest BCUT2D eigenvalue weighted by Crippen LogP contribution is -2.39. The third-order valence-corrected chi connectivity index (χ3v) is 3.02. The molecule has 0 spiro atoms. The maximum Gasteiger partial charge on any atom is 0.405 e. The highest BCUT2D eigenvalue weighted by atomic mass is 19.4. The van der Waals surface area contributed by atoms with Crippen molar-refractivity contribution >= 4 is 0 Å². The molecule has 1 fully saturated rings. The second kappa shape index (κ2) is 4.40. The molecule has 1 saturated carbocycles. The minimum absolute atomic E-state index is 0.142. The topological polar surface area (TPSA) is 27.0 Å². The second-order valence-corrected chi connectivity index (χ2v) is 4.24. The molecule has 0 radical (unpaired) electrons. The van der Waals surface area contributed by atoms with Crippen molar-refractivity contribution in [3.05, 3.63) is 0 Å². The van der Waals surface area contributed by atoms with E-state index in [4.69, 9.17) is 5.26 Å². The van der Waals surface area contributed by atoms with E-state index >= 15 is 0 Å².